The number of ether oxygens (including phenoxy) is 1. The van der Waals surface area contributed by atoms with E-state index in [9.17, 15) is 14.4 Å². The molecule has 2 aromatic rings. The summed E-state index contributed by atoms with van der Waals surface area (Å²) in [5, 5.41) is 6.00. The molecule has 1 aromatic heterocycles. The van der Waals surface area contributed by atoms with Gasteiger partial charge in [0.2, 0.25) is 11.8 Å². The summed E-state index contributed by atoms with van der Waals surface area (Å²) in [6.07, 6.45) is 1.85. The van der Waals surface area contributed by atoms with Gasteiger partial charge in [0.25, 0.3) is 5.56 Å². The van der Waals surface area contributed by atoms with Crippen molar-refractivity contribution in [1.29, 1.82) is 0 Å². The van der Waals surface area contributed by atoms with Crippen LogP contribution in [-0.2, 0) is 20.9 Å². The molecule has 144 valence electrons. The zero-order chi connectivity index (χ0) is 19.2. The van der Waals surface area contributed by atoms with Crippen molar-refractivity contribution < 1.29 is 14.3 Å². The number of amides is 2. The molecular weight excluding hydrogens is 368 g/mol. The van der Waals surface area contributed by atoms with Crippen molar-refractivity contribution in [3.8, 4) is 0 Å². The molecule has 1 saturated heterocycles. The molecule has 0 saturated carbocycles. The smallest absolute Gasteiger partial charge is 0.262 e. The van der Waals surface area contributed by atoms with Crippen LogP contribution in [0, 0.1) is 0 Å². The summed E-state index contributed by atoms with van der Waals surface area (Å²) in [6.45, 7) is 1.04. The molecule has 2 heterocycles. The van der Waals surface area contributed by atoms with E-state index in [1.54, 1.807) is 22.8 Å². The van der Waals surface area contributed by atoms with E-state index in [1.807, 2.05) is 6.07 Å². The van der Waals surface area contributed by atoms with Gasteiger partial charge in [-0.25, -0.2) is 4.98 Å². The first kappa shape index (κ1) is 19.4. The Labute approximate surface area is 160 Å². The standard InChI is InChI=1S/C18H22N4O4S/c1-19-15(23)9-20-16(24)11-27-18-21-14-7-3-2-6-13(14)17(25)22(18)10-12-5-4-8-26-12/h2-3,6-7,12H,4-5,8-11H2,1H3,(H,19,23)(H,20,24)/t12-/m0/s1. The number of thioether (sulfide) groups is 1. The lowest BCUT2D eigenvalue weighted by molar-refractivity contribution is -0.124. The topological polar surface area (TPSA) is 102 Å². The van der Waals surface area contributed by atoms with Crippen LogP contribution in [0.25, 0.3) is 10.9 Å². The van der Waals surface area contributed by atoms with Crippen LogP contribution in [0.2, 0.25) is 0 Å². The summed E-state index contributed by atoms with van der Waals surface area (Å²) in [4.78, 5) is 40.7. The summed E-state index contributed by atoms with van der Waals surface area (Å²) >= 11 is 1.18. The van der Waals surface area contributed by atoms with Gasteiger partial charge in [-0.2, -0.15) is 0 Å². The second kappa shape index (κ2) is 9.01. The predicted octanol–water partition coefficient (Wildman–Crippen LogP) is 0.530. The molecule has 0 aliphatic carbocycles. The van der Waals surface area contributed by atoms with Crippen LogP contribution in [0.3, 0.4) is 0 Å². The Kier molecular flexibility index (Phi) is 6.46. The van der Waals surface area contributed by atoms with Gasteiger partial charge in [-0.1, -0.05) is 23.9 Å². The molecule has 0 radical (unpaired) electrons. The van der Waals surface area contributed by atoms with Crippen LogP contribution in [-0.4, -0.2) is 53.4 Å². The molecule has 0 spiro atoms. The van der Waals surface area contributed by atoms with Crippen molar-refractivity contribution in [3.05, 3.63) is 34.6 Å². The highest BCUT2D eigenvalue weighted by Crippen LogP contribution is 2.20. The summed E-state index contributed by atoms with van der Waals surface area (Å²) in [5.41, 5.74) is 0.462. The van der Waals surface area contributed by atoms with E-state index in [1.165, 1.54) is 18.8 Å². The quantitative estimate of drug-likeness (QED) is 0.528. The Hall–Kier alpha value is -2.39. The molecule has 1 fully saturated rings. The molecule has 1 aliphatic rings. The van der Waals surface area contributed by atoms with E-state index in [2.05, 4.69) is 15.6 Å². The summed E-state index contributed by atoms with van der Waals surface area (Å²) in [5.74, 6) is -0.505. The number of hydrogen-bond donors (Lipinski definition) is 2. The fourth-order valence-corrected chi connectivity index (χ4v) is 3.70. The van der Waals surface area contributed by atoms with E-state index < -0.39 is 0 Å². The Morgan fingerprint density at radius 1 is 1.33 bits per heavy atom. The maximum atomic E-state index is 12.9. The van der Waals surface area contributed by atoms with Crippen LogP contribution in [0.4, 0.5) is 0 Å². The summed E-state index contributed by atoms with van der Waals surface area (Å²) in [6, 6.07) is 7.16. The van der Waals surface area contributed by atoms with E-state index in [0.717, 1.165) is 12.8 Å². The highest BCUT2D eigenvalue weighted by atomic mass is 32.2. The number of rotatable bonds is 7. The number of nitrogens with one attached hydrogen (secondary N) is 2. The minimum atomic E-state index is -0.297. The van der Waals surface area contributed by atoms with E-state index >= 15 is 0 Å². The Balaban J connectivity index is 1.80. The van der Waals surface area contributed by atoms with Crippen molar-refractivity contribution in [2.24, 2.45) is 0 Å². The van der Waals surface area contributed by atoms with Crippen LogP contribution < -0.4 is 16.2 Å². The van der Waals surface area contributed by atoms with Gasteiger partial charge in [-0.3, -0.25) is 19.0 Å². The highest BCUT2D eigenvalue weighted by molar-refractivity contribution is 7.99. The van der Waals surface area contributed by atoms with Crippen LogP contribution in [0.1, 0.15) is 12.8 Å². The van der Waals surface area contributed by atoms with E-state index in [0.29, 0.717) is 29.2 Å². The minimum Gasteiger partial charge on any atom is -0.376 e. The molecule has 2 N–H and O–H groups in total. The van der Waals surface area contributed by atoms with E-state index in [4.69, 9.17) is 4.74 Å². The number of carbonyl (C=O) groups is 2. The SMILES string of the molecule is CNC(=O)CNC(=O)CSc1nc2ccccc2c(=O)n1C[C@@H]1CCCO1. The number of hydrogen-bond acceptors (Lipinski definition) is 6. The minimum absolute atomic E-state index is 0.0212. The van der Waals surface area contributed by atoms with Crippen molar-refractivity contribution in [1.82, 2.24) is 20.2 Å². The van der Waals surface area contributed by atoms with Crippen LogP contribution >= 0.6 is 11.8 Å². The third kappa shape index (κ3) is 4.86. The molecule has 9 heteroatoms. The molecule has 27 heavy (non-hydrogen) atoms. The van der Waals surface area contributed by atoms with Crippen molar-refractivity contribution in [3.63, 3.8) is 0 Å². The Morgan fingerprint density at radius 3 is 2.89 bits per heavy atom. The molecule has 1 aromatic carbocycles. The molecular formula is C18H22N4O4S. The zero-order valence-corrected chi connectivity index (χ0v) is 15.9. The number of fused-ring (bicyclic) bond motifs is 1. The normalized spacial score (nSPS) is 16.4. The number of nitrogens with zero attached hydrogens (tertiary/aromatic N) is 2. The number of likely N-dealkylation sites (N-methyl/N-ethyl adjacent to an activating group) is 1. The van der Waals surface area contributed by atoms with Gasteiger partial charge >= 0.3 is 0 Å². The molecule has 0 bridgehead atoms. The molecule has 8 nitrogen and oxygen atoms in total. The largest absolute Gasteiger partial charge is 0.376 e. The number of carbonyl (C=O) groups excluding carboxylic acids is 2. The first-order chi connectivity index (χ1) is 13.1. The first-order valence-electron chi connectivity index (χ1n) is 8.79. The summed E-state index contributed by atoms with van der Waals surface area (Å²) in [7, 11) is 1.51. The second-order valence-corrected chi connectivity index (χ2v) is 7.14. The fraction of sp³-hybridized carbons (Fsp3) is 0.444. The maximum Gasteiger partial charge on any atom is 0.262 e. The van der Waals surface area contributed by atoms with Crippen LogP contribution in [0.5, 0.6) is 0 Å². The summed E-state index contributed by atoms with van der Waals surface area (Å²) < 4.78 is 7.25. The lowest BCUT2D eigenvalue weighted by Gasteiger charge is -2.16. The number of para-hydroxylation sites is 1. The molecule has 2 amide bonds. The molecule has 3 rings (SSSR count). The predicted molar refractivity (Wildman–Crippen MR) is 103 cm³/mol. The lowest BCUT2D eigenvalue weighted by atomic mass is 10.2. The average molecular weight is 390 g/mol. The second-order valence-electron chi connectivity index (χ2n) is 6.20. The molecule has 1 aliphatic heterocycles. The average Bonchev–Trinajstić information content (AvgIpc) is 3.20. The monoisotopic (exact) mass is 390 g/mol. The first-order valence-corrected chi connectivity index (χ1v) is 9.78. The highest BCUT2D eigenvalue weighted by Gasteiger charge is 2.20. The zero-order valence-electron chi connectivity index (χ0n) is 15.1. The van der Waals surface area contributed by atoms with Gasteiger partial charge in [-0.05, 0) is 25.0 Å². The fourth-order valence-electron chi connectivity index (χ4n) is 2.86. The van der Waals surface area contributed by atoms with Crippen molar-refractivity contribution >= 4 is 34.5 Å². The van der Waals surface area contributed by atoms with Gasteiger partial charge < -0.3 is 15.4 Å². The van der Waals surface area contributed by atoms with Gasteiger partial charge in [-0.15, -0.1) is 0 Å². The van der Waals surface area contributed by atoms with E-state index in [-0.39, 0.29) is 35.8 Å². The van der Waals surface area contributed by atoms with Crippen LogP contribution in [0.15, 0.2) is 34.2 Å². The van der Waals surface area contributed by atoms with Crippen molar-refractivity contribution in [2.45, 2.75) is 30.6 Å². The van der Waals surface area contributed by atoms with Gasteiger partial charge in [0.1, 0.15) is 0 Å². The molecule has 1 atom stereocenters. The number of benzene rings is 1. The molecule has 0 unspecified atom stereocenters. The van der Waals surface area contributed by atoms with Crippen molar-refractivity contribution in [2.75, 3.05) is 26.0 Å². The van der Waals surface area contributed by atoms with Gasteiger partial charge in [0.15, 0.2) is 5.16 Å². The Morgan fingerprint density at radius 2 is 2.15 bits per heavy atom. The maximum absolute atomic E-state index is 12.9. The third-order valence-corrected chi connectivity index (χ3v) is 5.27. The number of aromatic nitrogens is 2. The Bertz CT molecular complexity index is 893. The van der Waals surface area contributed by atoms with Gasteiger partial charge in [0.05, 0.1) is 35.8 Å². The lowest BCUT2D eigenvalue weighted by Crippen LogP contribution is -2.36. The van der Waals surface area contributed by atoms with Gasteiger partial charge in [0, 0.05) is 13.7 Å². The third-order valence-electron chi connectivity index (χ3n) is 4.29.